The molecule has 0 unspecified atom stereocenters. The maximum Gasteiger partial charge on any atom is 0.123 e. The van der Waals surface area contributed by atoms with Crippen molar-refractivity contribution in [3.63, 3.8) is 0 Å². The fourth-order valence-electron chi connectivity index (χ4n) is 1.60. The molecule has 0 bridgehead atoms. The van der Waals surface area contributed by atoms with E-state index in [-0.39, 0.29) is 5.82 Å². The molecule has 3 heteroatoms. The highest BCUT2D eigenvalue weighted by molar-refractivity contribution is 7.11. The lowest BCUT2D eigenvalue weighted by Crippen LogP contribution is -2.80. The van der Waals surface area contributed by atoms with Gasteiger partial charge in [-0.1, -0.05) is 12.1 Å². The summed E-state index contributed by atoms with van der Waals surface area (Å²) >= 11 is 1.83. The van der Waals surface area contributed by atoms with E-state index in [0.717, 1.165) is 18.7 Å². The monoisotopic (exact) mass is 236 g/mol. The minimum absolute atomic E-state index is 0.169. The molecule has 0 aliphatic carbocycles. The van der Waals surface area contributed by atoms with E-state index >= 15 is 0 Å². The van der Waals surface area contributed by atoms with Crippen molar-refractivity contribution >= 4 is 11.3 Å². The Hall–Kier alpha value is -1.19. The summed E-state index contributed by atoms with van der Waals surface area (Å²) in [5, 5.41) is 2.23. The van der Waals surface area contributed by atoms with Gasteiger partial charge in [-0.25, -0.2) is 4.39 Å². The molecule has 0 radical (unpaired) electrons. The molecule has 0 aliphatic heterocycles. The van der Waals surface area contributed by atoms with E-state index in [1.165, 1.54) is 21.9 Å². The van der Waals surface area contributed by atoms with Crippen LogP contribution in [0.25, 0.3) is 0 Å². The summed E-state index contributed by atoms with van der Waals surface area (Å²) in [6, 6.07) is 11.0. The second-order valence-electron chi connectivity index (χ2n) is 3.84. The van der Waals surface area contributed by atoms with Crippen LogP contribution < -0.4 is 5.32 Å². The highest BCUT2D eigenvalue weighted by Gasteiger charge is 2.00. The molecule has 0 atom stereocenters. The molecule has 2 aromatic rings. The first-order valence-corrected chi connectivity index (χ1v) is 6.17. The fraction of sp³-hybridized carbons (Fsp3) is 0.231. The van der Waals surface area contributed by atoms with Gasteiger partial charge >= 0.3 is 0 Å². The Morgan fingerprint density at radius 2 is 1.81 bits per heavy atom. The van der Waals surface area contributed by atoms with E-state index in [2.05, 4.69) is 24.4 Å². The van der Waals surface area contributed by atoms with Crippen molar-refractivity contribution < 1.29 is 9.71 Å². The molecule has 2 rings (SSSR count). The number of quaternary nitrogens is 1. The van der Waals surface area contributed by atoms with E-state index in [9.17, 15) is 4.39 Å². The molecule has 0 spiro atoms. The fourth-order valence-corrected chi connectivity index (χ4v) is 2.48. The number of aryl methyl sites for hydroxylation is 1. The molecule has 84 valence electrons. The summed E-state index contributed by atoms with van der Waals surface area (Å²) in [6.45, 7) is 4.02. The molecule has 0 saturated heterocycles. The van der Waals surface area contributed by atoms with Gasteiger partial charge in [0.15, 0.2) is 0 Å². The number of thiophene rings is 1. The van der Waals surface area contributed by atoms with Crippen LogP contribution in [0.2, 0.25) is 0 Å². The minimum atomic E-state index is -0.169. The van der Waals surface area contributed by atoms with Crippen LogP contribution in [-0.4, -0.2) is 0 Å². The molecule has 2 N–H and O–H groups in total. The molecule has 1 nitrogen and oxygen atoms in total. The third kappa shape index (κ3) is 3.15. The second-order valence-corrected chi connectivity index (χ2v) is 5.21. The van der Waals surface area contributed by atoms with Crippen molar-refractivity contribution in [2.75, 3.05) is 0 Å². The van der Waals surface area contributed by atoms with E-state index in [1.54, 1.807) is 0 Å². The van der Waals surface area contributed by atoms with Crippen molar-refractivity contribution in [3.8, 4) is 0 Å². The number of rotatable bonds is 4. The first-order chi connectivity index (χ1) is 7.74. The van der Waals surface area contributed by atoms with Crippen LogP contribution in [0.4, 0.5) is 4.39 Å². The second kappa shape index (κ2) is 5.23. The Morgan fingerprint density at radius 3 is 2.44 bits per heavy atom. The third-order valence-electron chi connectivity index (χ3n) is 2.43. The number of nitrogens with two attached hydrogens (primary N) is 1. The van der Waals surface area contributed by atoms with Gasteiger partial charge in [0.1, 0.15) is 18.9 Å². The van der Waals surface area contributed by atoms with Crippen molar-refractivity contribution in [1.82, 2.24) is 0 Å². The lowest BCUT2D eigenvalue weighted by Gasteiger charge is -2.00. The van der Waals surface area contributed by atoms with E-state index in [1.807, 2.05) is 23.5 Å². The quantitative estimate of drug-likeness (QED) is 0.840. The summed E-state index contributed by atoms with van der Waals surface area (Å²) in [6.07, 6.45) is 0. The lowest BCUT2D eigenvalue weighted by atomic mass is 10.2. The predicted molar refractivity (Wildman–Crippen MR) is 64.8 cm³/mol. The Bertz CT molecular complexity index is 447. The number of hydrogen-bond donors (Lipinski definition) is 1. The molecular formula is C13H15FNS+. The number of benzene rings is 1. The average molecular weight is 236 g/mol. The highest BCUT2D eigenvalue weighted by atomic mass is 32.1. The van der Waals surface area contributed by atoms with Gasteiger partial charge in [-0.2, -0.15) is 0 Å². The van der Waals surface area contributed by atoms with Crippen LogP contribution in [-0.2, 0) is 13.1 Å². The van der Waals surface area contributed by atoms with Gasteiger partial charge in [0.05, 0.1) is 4.88 Å². The largest absolute Gasteiger partial charge is 0.338 e. The van der Waals surface area contributed by atoms with Gasteiger partial charge in [0.25, 0.3) is 0 Å². The van der Waals surface area contributed by atoms with Crippen molar-refractivity contribution in [2.45, 2.75) is 20.0 Å². The van der Waals surface area contributed by atoms with E-state index in [4.69, 9.17) is 0 Å². The molecule has 1 aromatic heterocycles. The summed E-state index contributed by atoms with van der Waals surface area (Å²) in [5.41, 5.74) is 1.16. The van der Waals surface area contributed by atoms with Crippen LogP contribution in [0.1, 0.15) is 15.3 Å². The molecule has 16 heavy (non-hydrogen) atoms. The molecule has 1 aromatic carbocycles. The summed E-state index contributed by atoms with van der Waals surface area (Å²) < 4.78 is 12.7. The van der Waals surface area contributed by atoms with Gasteiger partial charge in [-0.3, -0.25) is 0 Å². The zero-order chi connectivity index (χ0) is 11.4. The maximum absolute atomic E-state index is 12.7. The first kappa shape index (κ1) is 11.3. The number of halogens is 1. The summed E-state index contributed by atoms with van der Waals surface area (Å²) in [5.74, 6) is -0.169. The maximum atomic E-state index is 12.7. The standard InChI is InChI=1S/C13H14FNS/c1-10-2-7-13(16-10)9-15-8-11-3-5-12(14)6-4-11/h2-7,15H,8-9H2,1H3/p+1. The third-order valence-corrected chi connectivity index (χ3v) is 3.46. The van der Waals surface area contributed by atoms with Gasteiger partial charge in [-0.15, -0.1) is 11.3 Å². The van der Waals surface area contributed by atoms with Crippen molar-refractivity contribution in [3.05, 3.63) is 57.5 Å². The van der Waals surface area contributed by atoms with Crippen molar-refractivity contribution in [2.24, 2.45) is 0 Å². The smallest absolute Gasteiger partial charge is 0.123 e. The molecular weight excluding hydrogens is 221 g/mol. The highest BCUT2D eigenvalue weighted by Crippen LogP contribution is 2.13. The molecule has 0 saturated carbocycles. The molecule has 0 aliphatic rings. The predicted octanol–water partition coefficient (Wildman–Crippen LogP) is 2.46. The average Bonchev–Trinajstić information content (AvgIpc) is 2.67. The zero-order valence-electron chi connectivity index (χ0n) is 9.24. The van der Waals surface area contributed by atoms with Gasteiger partial charge in [0, 0.05) is 10.4 Å². The van der Waals surface area contributed by atoms with Crippen LogP contribution in [0.3, 0.4) is 0 Å². The van der Waals surface area contributed by atoms with Gasteiger partial charge in [-0.05, 0) is 31.2 Å². The van der Waals surface area contributed by atoms with Crippen LogP contribution in [0, 0.1) is 12.7 Å². The first-order valence-electron chi connectivity index (χ1n) is 5.35. The molecule has 0 fully saturated rings. The minimum Gasteiger partial charge on any atom is -0.338 e. The summed E-state index contributed by atoms with van der Waals surface area (Å²) in [7, 11) is 0. The Kier molecular flexibility index (Phi) is 3.70. The van der Waals surface area contributed by atoms with Crippen LogP contribution in [0.5, 0.6) is 0 Å². The normalized spacial score (nSPS) is 10.6. The Labute approximate surface area is 98.9 Å². The summed E-state index contributed by atoms with van der Waals surface area (Å²) in [4.78, 5) is 2.74. The molecule has 0 amide bonds. The van der Waals surface area contributed by atoms with Crippen molar-refractivity contribution in [1.29, 1.82) is 0 Å². The van der Waals surface area contributed by atoms with Gasteiger partial charge < -0.3 is 5.32 Å². The topological polar surface area (TPSA) is 16.6 Å². The van der Waals surface area contributed by atoms with E-state index in [0.29, 0.717) is 0 Å². The SMILES string of the molecule is Cc1ccc(C[NH2+]Cc2ccc(F)cc2)s1. The van der Waals surface area contributed by atoms with E-state index < -0.39 is 0 Å². The van der Waals surface area contributed by atoms with Crippen LogP contribution in [0.15, 0.2) is 36.4 Å². The lowest BCUT2D eigenvalue weighted by molar-refractivity contribution is -0.685. The molecule has 1 heterocycles. The Balaban J connectivity index is 1.82. The Morgan fingerprint density at radius 1 is 1.06 bits per heavy atom. The zero-order valence-corrected chi connectivity index (χ0v) is 10.1. The van der Waals surface area contributed by atoms with Gasteiger partial charge in [0.2, 0.25) is 0 Å². The van der Waals surface area contributed by atoms with Crippen LogP contribution >= 0.6 is 11.3 Å². The number of hydrogen-bond acceptors (Lipinski definition) is 1.